The van der Waals surface area contributed by atoms with Gasteiger partial charge in [0.2, 0.25) is 0 Å². The molecule has 0 spiro atoms. The second kappa shape index (κ2) is 6.03. The summed E-state index contributed by atoms with van der Waals surface area (Å²) >= 11 is 0. The summed E-state index contributed by atoms with van der Waals surface area (Å²) in [6, 6.07) is 4.94. The summed E-state index contributed by atoms with van der Waals surface area (Å²) in [5.74, 6) is -2.31. The Bertz CT molecular complexity index is 618. The standard InChI is InChI=1S/C11H6F3NO4.Li.H/c12-11(13,14)19-7-3-1-2-6(4-7)8-5-15-9(18-8)10(16)17;;/h1-5H,(H,16,17);;/q;+1;-1. The van der Waals surface area contributed by atoms with Crippen molar-refractivity contribution in [2.45, 2.75) is 6.36 Å². The van der Waals surface area contributed by atoms with Crippen molar-refractivity contribution in [3.63, 3.8) is 0 Å². The molecule has 0 aliphatic carbocycles. The SMILES string of the molecule is O=C(O)c1ncc(-c2cccc(OC(F)(F)F)c2)o1.[H-].[Li+]. The molecule has 0 amide bonds. The molecule has 0 unspecified atom stereocenters. The Kier molecular flexibility index (Phi) is 4.86. The molecular formula is C11H7F3LiNO4. The minimum absolute atomic E-state index is 0. The molecule has 1 heterocycles. The minimum atomic E-state index is -4.80. The van der Waals surface area contributed by atoms with E-state index in [-0.39, 0.29) is 31.6 Å². The zero-order chi connectivity index (χ0) is 14.0. The molecule has 102 valence electrons. The van der Waals surface area contributed by atoms with Crippen molar-refractivity contribution in [2.75, 3.05) is 0 Å². The van der Waals surface area contributed by atoms with E-state index in [9.17, 15) is 18.0 Å². The molecule has 20 heavy (non-hydrogen) atoms. The van der Waals surface area contributed by atoms with Gasteiger partial charge >= 0.3 is 37.1 Å². The second-order valence-corrected chi connectivity index (χ2v) is 3.41. The van der Waals surface area contributed by atoms with Gasteiger partial charge in [0.15, 0.2) is 5.76 Å². The number of hydrogen-bond acceptors (Lipinski definition) is 4. The number of halogens is 3. The van der Waals surface area contributed by atoms with Crippen LogP contribution in [0.1, 0.15) is 12.1 Å². The molecule has 5 nitrogen and oxygen atoms in total. The molecule has 0 fully saturated rings. The Hall–Kier alpha value is -1.91. The van der Waals surface area contributed by atoms with Gasteiger partial charge in [0.1, 0.15) is 5.75 Å². The van der Waals surface area contributed by atoms with Crippen LogP contribution in [0.3, 0.4) is 0 Å². The number of carboxylic acids is 1. The van der Waals surface area contributed by atoms with E-state index in [0.717, 1.165) is 18.3 Å². The van der Waals surface area contributed by atoms with E-state index in [2.05, 4.69) is 9.72 Å². The summed E-state index contributed by atoms with van der Waals surface area (Å²) in [5.41, 5.74) is 0.224. The molecule has 0 aliphatic heterocycles. The van der Waals surface area contributed by atoms with Crippen LogP contribution < -0.4 is 23.6 Å². The molecular weight excluding hydrogens is 274 g/mol. The van der Waals surface area contributed by atoms with Crippen molar-refractivity contribution < 1.29 is 52.5 Å². The van der Waals surface area contributed by atoms with E-state index < -0.39 is 24.0 Å². The molecule has 1 N–H and O–H groups in total. The average Bonchev–Trinajstić information content (AvgIpc) is 2.76. The summed E-state index contributed by atoms with van der Waals surface area (Å²) in [7, 11) is 0. The quantitative estimate of drug-likeness (QED) is 0.805. The Labute approximate surface area is 124 Å². The fraction of sp³-hybridized carbons (Fsp3) is 0.0909. The molecule has 0 bridgehead atoms. The molecule has 0 radical (unpaired) electrons. The number of benzene rings is 1. The van der Waals surface area contributed by atoms with Crippen molar-refractivity contribution in [3.05, 3.63) is 36.4 Å². The zero-order valence-corrected chi connectivity index (χ0v) is 10.1. The first kappa shape index (κ1) is 16.1. The third-order valence-electron chi connectivity index (χ3n) is 2.04. The summed E-state index contributed by atoms with van der Waals surface area (Å²) in [6.07, 6.45) is -3.69. The van der Waals surface area contributed by atoms with Gasteiger partial charge in [0.25, 0.3) is 0 Å². The van der Waals surface area contributed by atoms with Crippen LogP contribution in [0, 0.1) is 0 Å². The number of hydrogen-bond donors (Lipinski definition) is 1. The van der Waals surface area contributed by atoms with Crippen molar-refractivity contribution in [3.8, 4) is 17.1 Å². The first-order chi connectivity index (χ1) is 8.85. The Balaban J connectivity index is 0.00000200. The van der Waals surface area contributed by atoms with Crippen molar-refractivity contribution >= 4 is 5.97 Å². The largest absolute Gasteiger partial charge is 1.00 e. The number of carboxylic acid groups (broad SMARTS) is 1. The van der Waals surface area contributed by atoms with E-state index in [1.165, 1.54) is 12.1 Å². The summed E-state index contributed by atoms with van der Waals surface area (Å²) in [6.45, 7) is 0. The van der Waals surface area contributed by atoms with Crippen molar-refractivity contribution in [1.82, 2.24) is 4.98 Å². The monoisotopic (exact) mass is 281 g/mol. The molecule has 0 aliphatic rings. The predicted octanol–water partition coefficient (Wildman–Crippen LogP) is 0.0549. The van der Waals surface area contributed by atoms with Crippen LogP contribution in [-0.4, -0.2) is 22.4 Å². The van der Waals surface area contributed by atoms with Gasteiger partial charge < -0.3 is 15.7 Å². The molecule has 2 aromatic rings. The van der Waals surface area contributed by atoms with Gasteiger partial charge in [-0.25, -0.2) is 9.78 Å². The molecule has 9 heteroatoms. The maximum atomic E-state index is 12.0. The summed E-state index contributed by atoms with van der Waals surface area (Å²) < 4.78 is 44.8. The number of aromatic nitrogens is 1. The van der Waals surface area contributed by atoms with Gasteiger partial charge in [0, 0.05) is 5.56 Å². The predicted molar refractivity (Wildman–Crippen MR) is 56.7 cm³/mol. The summed E-state index contributed by atoms with van der Waals surface area (Å²) in [4.78, 5) is 14.0. The van der Waals surface area contributed by atoms with E-state index >= 15 is 0 Å². The second-order valence-electron chi connectivity index (χ2n) is 3.41. The normalized spacial score (nSPS) is 10.8. The van der Waals surface area contributed by atoms with Crippen LogP contribution in [0.4, 0.5) is 13.2 Å². The van der Waals surface area contributed by atoms with Crippen LogP contribution in [0.25, 0.3) is 11.3 Å². The molecule has 1 aromatic carbocycles. The van der Waals surface area contributed by atoms with Gasteiger partial charge in [-0.3, -0.25) is 0 Å². The molecule has 0 atom stereocenters. The van der Waals surface area contributed by atoms with Crippen LogP contribution in [-0.2, 0) is 0 Å². The van der Waals surface area contributed by atoms with E-state index in [4.69, 9.17) is 9.52 Å². The Morgan fingerprint density at radius 3 is 2.65 bits per heavy atom. The number of rotatable bonds is 3. The van der Waals surface area contributed by atoms with E-state index in [0.29, 0.717) is 0 Å². The molecule has 0 saturated heterocycles. The number of nitrogens with zero attached hydrogens (tertiary/aromatic N) is 1. The third-order valence-corrected chi connectivity index (χ3v) is 2.04. The smallest absolute Gasteiger partial charge is 1.00 e. The van der Waals surface area contributed by atoms with E-state index in [1.807, 2.05) is 0 Å². The topological polar surface area (TPSA) is 72.6 Å². The average molecular weight is 281 g/mol. The van der Waals surface area contributed by atoms with Gasteiger partial charge in [-0.1, -0.05) is 12.1 Å². The van der Waals surface area contributed by atoms with Crippen LogP contribution in [0.5, 0.6) is 5.75 Å². The zero-order valence-electron chi connectivity index (χ0n) is 11.1. The Morgan fingerprint density at radius 2 is 2.10 bits per heavy atom. The number of aromatic carboxylic acids is 1. The maximum Gasteiger partial charge on any atom is 1.00 e. The molecule has 2 rings (SSSR count). The van der Waals surface area contributed by atoms with Crippen LogP contribution in [0.2, 0.25) is 0 Å². The fourth-order valence-corrected chi connectivity index (χ4v) is 1.35. The van der Waals surface area contributed by atoms with Crippen molar-refractivity contribution in [2.24, 2.45) is 0 Å². The van der Waals surface area contributed by atoms with Crippen LogP contribution >= 0.6 is 0 Å². The molecule has 1 aromatic heterocycles. The fourth-order valence-electron chi connectivity index (χ4n) is 1.35. The first-order valence-corrected chi connectivity index (χ1v) is 4.90. The maximum absolute atomic E-state index is 12.0. The van der Waals surface area contributed by atoms with Crippen LogP contribution in [0.15, 0.2) is 34.9 Å². The number of oxazole rings is 1. The first-order valence-electron chi connectivity index (χ1n) is 4.90. The van der Waals surface area contributed by atoms with Gasteiger partial charge in [-0.2, -0.15) is 0 Å². The number of ether oxygens (including phenoxy) is 1. The van der Waals surface area contributed by atoms with Gasteiger partial charge in [0.05, 0.1) is 6.20 Å². The Morgan fingerprint density at radius 1 is 1.40 bits per heavy atom. The van der Waals surface area contributed by atoms with E-state index in [1.54, 1.807) is 0 Å². The summed E-state index contributed by atoms with van der Waals surface area (Å²) in [5, 5.41) is 8.62. The number of carbonyl (C=O) groups is 1. The third kappa shape index (κ3) is 4.05. The van der Waals surface area contributed by atoms with Crippen molar-refractivity contribution in [1.29, 1.82) is 0 Å². The van der Waals surface area contributed by atoms with Gasteiger partial charge in [-0.05, 0) is 12.1 Å². The van der Waals surface area contributed by atoms with Gasteiger partial charge in [-0.15, -0.1) is 13.2 Å². The minimum Gasteiger partial charge on any atom is -1.00 e. The molecule has 0 saturated carbocycles. The number of alkyl halides is 3.